The average molecular weight is 137 g/mol. The van der Waals surface area contributed by atoms with Crippen molar-refractivity contribution >= 4 is 0 Å². The zero-order valence-corrected chi connectivity index (χ0v) is 7.33. The molecule has 0 heteroatoms. The van der Waals surface area contributed by atoms with Gasteiger partial charge in [0.25, 0.3) is 0 Å². The van der Waals surface area contributed by atoms with Crippen LogP contribution in [-0.4, -0.2) is 0 Å². The fraction of sp³-hybridized carbons (Fsp3) is 0.700. The third kappa shape index (κ3) is 7.56. The fourth-order valence-corrected chi connectivity index (χ4v) is 0.614. The summed E-state index contributed by atoms with van der Waals surface area (Å²) in [6, 6.07) is 0. The van der Waals surface area contributed by atoms with Gasteiger partial charge in [0, 0.05) is 12.8 Å². The van der Waals surface area contributed by atoms with Crippen molar-refractivity contribution in [2.75, 3.05) is 0 Å². The summed E-state index contributed by atoms with van der Waals surface area (Å²) in [5.41, 5.74) is 0.197. The maximum absolute atomic E-state index is 4.00. The van der Waals surface area contributed by atoms with E-state index in [4.69, 9.17) is 0 Å². The molecule has 0 spiro atoms. The summed E-state index contributed by atoms with van der Waals surface area (Å²) < 4.78 is 0. The van der Waals surface area contributed by atoms with Crippen LogP contribution in [0.2, 0.25) is 0 Å². The van der Waals surface area contributed by atoms with Gasteiger partial charge in [0.05, 0.1) is 0 Å². The zero-order chi connectivity index (χ0) is 8.04. The molecule has 0 fully saturated rings. The number of hydrogen-bond donors (Lipinski definition) is 0. The Morgan fingerprint density at radius 2 is 1.90 bits per heavy atom. The normalized spacial score (nSPS) is 10.4. The second-order valence-electron chi connectivity index (χ2n) is 3.37. The van der Waals surface area contributed by atoms with E-state index in [9.17, 15) is 0 Å². The topological polar surface area (TPSA) is 0 Å². The fourth-order valence-electron chi connectivity index (χ4n) is 0.614. The van der Waals surface area contributed by atoms with Gasteiger partial charge in [0.15, 0.2) is 0 Å². The van der Waals surface area contributed by atoms with Crippen molar-refractivity contribution in [3.8, 4) is 11.8 Å². The van der Waals surface area contributed by atoms with Gasteiger partial charge in [0.2, 0.25) is 0 Å². The summed E-state index contributed by atoms with van der Waals surface area (Å²) in [6.07, 6.45) is 3.06. The predicted octanol–water partition coefficient (Wildman–Crippen LogP) is 3.04. The molecule has 0 N–H and O–H groups in total. The smallest absolute Gasteiger partial charge is 0.00937 e. The molecule has 0 rings (SSSR count). The third-order valence-electron chi connectivity index (χ3n) is 1.23. The molecule has 57 valence electrons. The van der Waals surface area contributed by atoms with E-state index in [0.29, 0.717) is 0 Å². The first kappa shape index (κ1) is 9.56. The third-order valence-corrected chi connectivity index (χ3v) is 1.23. The van der Waals surface area contributed by atoms with Crippen molar-refractivity contribution in [2.24, 2.45) is 5.41 Å². The molecule has 0 bridgehead atoms. The lowest BCUT2D eigenvalue weighted by molar-refractivity contribution is 0.440. The van der Waals surface area contributed by atoms with Gasteiger partial charge in [-0.15, -0.1) is 11.8 Å². The lowest BCUT2D eigenvalue weighted by atomic mass is 9.91. The van der Waals surface area contributed by atoms with Gasteiger partial charge in [-0.2, -0.15) is 0 Å². The second kappa shape index (κ2) is 4.39. The Morgan fingerprint density at radius 3 is 2.30 bits per heavy atom. The summed E-state index contributed by atoms with van der Waals surface area (Å²) >= 11 is 0. The molecule has 0 nitrogen and oxygen atoms in total. The van der Waals surface area contributed by atoms with E-state index in [-0.39, 0.29) is 5.41 Å². The molecule has 0 heterocycles. The second-order valence-corrected chi connectivity index (χ2v) is 3.37. The largest absolute Gasteiger partial charge is 0.104 e. The minimum atomic E-state index is 0.197. The van der Waals surface area contributed by atoms with Crippen molar-refractivity contribution in [1.29, 1.82) is 0 Å². The van der Waals surface area contributed by atoms with E-state index in [2.05, 4.69) is 39.5 Å². The molecule has 0 aromatic heterocycles. The molecule has 0 aromatic carbocycles. The van der Waals surface area contributed by atoms with E-state index >= 15 is 0 Å². The van der Waals surface area contributed by atoms with Crippen LogP contribution in [0.25, 0.3) is 0 Å². The molecule has 0 aliphatic carbocycles. The van der Waals surface area contributed by atoms with Gasteiger partial charge in [-0.05, 0) is 18.8 Å². The van der Waals surface area contributed by atoms with Crippen LogP contribution in [-0.2, 0) is 0 Å². The Morgan fingerprint density at radius 1 is 1.30 bits per heavy atom. The Hall–Kier alpha value is -0.440. The van der Waals surface area contributed by atoms with Gasteiger partial charge in [-0.25, -0.2) is 0 Å². The Kier molecular flexibility index (Phi) is 4.19. The van der Waals surface area contributed by atoms with Gasteiger partial charge in [-0.1, -0.05) is 20.8 Å². The highest BCUT2D eigenvalue weighted by molar-refractivity contribution is 4.98. The molecule has 0 aromatic rings. The van der Waals surface area contributed by atoms with Crippen molar-refractivity contribution in [1.82, 2.24) is 0 Å². The molecule has 0 aliphatic rings. The standard InChI is InChI=1S/C10H17/c1-5-6-7-8-9-10(2,3)4/h2,5,8-9H2,1,3-4H3. The van der Waals surface area contributed by atoms with E-state index in [1.165, 1.54) is 0 Å². The lowest BCUT2D eigenvalue weighted by Crippen LogP contribution is -2.03. The van der Waals surface area contributed by atoms with Crippen LogP contribution in [0.1, 0.15) is 40.0 Å². The van der Waals surface area contributed by atoms with E-state index in [0.717, 1.165) is 19.3 Å². The van der Waals surface area contributed by atoms with Gasteiger partial charge in [0.1, 0.15) is 0 Å². The first-order valence-corrected chi connectivity index (χ1v) is 3.87. The average Bonchev–Trinajstić information content (AvgIpc) is 1.78. The maximum atomic E-state index is 4.00. The minimum absolute atomic E-state index is 0.197. The van der Waals surface area contributed by atoms with Crippen molar-refractivity contribution < 1.29 is 0 Å². The molecular weight excluding hydrogens is 120 g/mol. The van der Waals surface area contributed by atoms with Gasteiger partial charge in [-0.3, -0.25) is 0 Å². The Labute approximate surface area is 65.0 Å². The predicted molar refractivity (Wildman–Crippen MR) is 46.4 cm³/mol. The van der Waals surface area contributed by atoms with Gasteiger partial charge >= 0.3 is 0 Å². The maximum Gasteiger partial charge on any atom is 0.00937 e. The molecule has 10 heavy (non-hydrogen) atoms. The summed E-state index contributed by atoms with van der Waals surface area (Å²) in [4.78, 5) is 0. The SMILES string of the molecule is [CH2]C(C)(C)CCC#CCC. The molecule has 0 saturated carbocycles. The van der Waals surface area contributed by atoms with Crippen molar-refractivity contribution in [3.63, 3.8) is 0 Å². The molecule has 0 atom stereocenters. The van der Waals surface area contributed by atoms with Crippen LogP contribution in [0.5, 0.6) is 0 Å². The van der Waals surface area contributed by atoms with E-state index in [1.807, 2.05) is 0 Å². The van der Waals surface area contributed by atoms with Crippen LogP contribution in [0.15, 0.2) is 0 Å². The highest BCUT2D eigenvalue weighted by Crippen LogP contribution is 2.18. The summed E-state index contributed by atoms with van der Waals surface area (Å²) in [5, 5.41) is 0. The summed E-state index contributed by atoms with van der Waals surface area (Å²) in [5.74, 6) is 6.14. The van der Waals surface area contributed by atoms with Gasteiger partial charge < -0.3 is 0 Å². The first-order valence-electron chi connectivity index (χ1n) is 3.87. The molecule has 0 amide bonds. The van der Waals surface area contributed by atoms with Crippen molar-refractivity contribution in [2.45, 2.75) is 40.0 Å². The lowest BCUT2D eigenvalue weighted by Gasteiger charge is -2.14. The number of hydrogen-bond acceptors (Lipinski definition) is 0. The monoisotopic (exact) mass is 137 g/mol. The molecule has 0 saturated heterocycles. The molecule has 0 unspecified atom stereocenters. The van der Waals surface area contributed by atoms with E-state index < -0.39 is 0 Å². The van der Waals surface area contributed by atoms with Crippen LogP contribution in [0.3, 0.4) is 0 Å². The Bertz CT molecular complexity index is 126. The van der Waals surface area contributed by atoms with Crippen LogP contribution in [0.4, 0.5) is 0 Å². The molecule has 1 radical (unpaired) electrons. The quantitative estimate of drug-likeness (QED) is 0.513. The van der Waals surface area contributed by atoms with Crippen LogP contribution < -0.4 is 0 Å². The highest BCUT2D eigenvalue weighted by Gasteiger charge is 2.07. The molecular formula is C10H17. The Balaban J connectivity index is 3.37. The first-order chi connectivity index (χ1) is 4.56. The zero-order valence-electron chi connectivity index (χ0n) is 7.33. The molecule has 0 aliphatic heterocycles. The van der Waals surface area contributed by atoms with Crippen LogP contribution >= 0.6 is 0 Å². The summed E-state index contributed by atoms with van der Waals surface area (Å²) in [6.45, 7) is 10.4. The van der Waals surface area contributed by atoms with Crippen LogP contribution in [0, 0.1) is 24.2 Å². The minimum Gasteiger partial charge on any atom is -0.104 e. The number of rotatable bonds is 2. The van der Waals surface area contributed by atoms with E-state index in [1.54, 1.807) is 0 Å². The summed E-state index contributed by atoms with van der Waals surface area (Å²) in [7, 11) is 0. The van der Waals surface area contributed by atoms with Crippen molar-refractivity contribution in [3.05, 3.63) is 6.92 Å². The highest BCUT2D eigenvalue weighted by atomic mass is 14.1.